The molecule has 1 heterocycles. The Labute approximate surface area is 103 Å². The van der Waals surface area contributed by atoms with Gasteiger partial charge in [-0.3, -0.25) is 9.69 Å². The van der Waals surface area contributed by atoms with Crippen LogP contribution in [0.3, 0.4) is 0 Å². The SMILES string of the molecule is CCOCCCC(=O)N1CCN(CC#N)CC1. The van der Waals surface area contributed by atoms with E-state index in [1.54, 1.807) is 0 Å². The second-order valence-electron chi connectivity index (χ2n) is 4.12. The molecule has 0 aromatic rings. The first-order valence-corrected chi connectivity index (χ1v) is 6.22. The van der Waals surface area contributed by atoms with Crippen LogP contribution in [-0.4, -0.2) is 61.6 Å². The Bertz CT molecular complexity index is 267. The summed E-state index contributed by atoms with van der Waals surface area (Å²) in [6.45, 7) is 6.90. The van der Waals surface area contributed by atoms with E-state index in [2.05, 4.69) is 11.0 Å². The van der Waals surface area contributed by atoms with Crippen LogP contribution < -0.4 is 0 Å². The Hall–Kier alpha value is -1.12. The topological polar surface area (TPSA) is 56.6 Å². The summed E-state index contributed by atoms with van der Waals surface area (Å²) < 4.78 is 5.21. The Balaban J connectivity index is 2.15. The maximum atomic E-state index is 11.8. The van der Waals surface area contributed by atoms with E-state index in [-0.39, 0.29) is 5.91 Å². The lowest BCUT2D eigenvalue weighted by atomic mass is 10.2. The first-order chi connectivity index (χ1) is 8.27. The van der Waals surface area contributed by atoms with Crippen LogP contribution >= 0.6 is 0 Å². The van der Waals surface area contributed by atoms with E-state index in [4.69, 9.17) is 10.00 Å². The van der Waals surface area contributed by atoms with E-state index in [1.807, 2.05) is 11.8 Å². The lowest BCUT2D eigenvalue weighted by Gasteiger charge is -2.33. The lowest BCUT2D eigenvalue weighted by Crippen LogP contribution is -2.48. The summed E-state index contributed by atoms with van der Waals surface area (Å²) in [7, 11) is 0. The standard InChI is InChI=1S/C12H21N3O2/c1-2-17-11-3-4-12(16)15-9-7-14(6-5-13)8-10-15/h2-4,6-11H2,1H3. The van der Waals surface area contributed by atoms with Crippen LogP contribution in [0.5, 0.6) is 0 Å². The maximum absolute atomic E-state index is 11.8. The molecule has 0 unspecified atom stereocenters. The molecule has 1 saturated heterocycles. The minimum absolute atomic E-state index is 0.210. The van der Waals surface area contributed by atoms with Crippen molar-refractivity contribution < 1.29 is 9.53 Å². The quantitative estimate of drug-likeness (QED) is 0.499. The van der Waals surface area contributed by atoms with Crippen molar-refractivity contribution in [2.45, 2.75) is 19.8 Å². The van der Waals surface area contributed by atoms with Gasteiger partial charge in [0.25, 0.3) is 0 Å². The highest BCUT2D eigenvalue weighted by Crippen LogP contribution is 2.04. The third-order valence-electron chi connectivity index (χ3n) is 2.90. The zero-order chi connectivity index (χ0) is 12.5. The molecule has 1 amide bonds. The van der Waals surface area contributed by atoms with Crippen LogP contribution in [0.25, 0.3) is 0 Å². The average molecular weight is 239 g/mol. The molecule has 1 aliphatic heterocycles. The van der Waals surface area contributed by atoms with E-state index in [0.717, 1.165) is 32.6 Å². The molecule has 0 bridgehead atoms. The molecule has 0 radical (unpaired) electrons. The van der Waals surface area contributed by atoms with E-state index >= 15 is 0 Å². The summed E-state index contributed by atoms with van der Waals surface area (Å²) in [4.78, 5) is 15.8. The second-order valence-corrected chi connectivity index (χ2v) is 4.12. The Morgan fingerprint density at radius 2 is 2.06 bits per heavy atom. The van der Waals surface area contributed by atoms with Gasteiger partial charge in [-0.05, 0) is 13.3 Å². The number of piperazine rings is 1. The van der Waals surface area contributed by atoms with Gasteiger partial charge in [-0.1, -0.05) is 0 Å². The average Bonchev–Trinajstić information content (AvgIpc) is 2.36. The number of amides is 1. The Morgan fingerprint density at radius 3 is 2.65 bits per heavy atom. The highest BCUT2D eigenvalue weighted by atomic mass is 16.5. The first kappa shape index (κ1) is 13.9. The zero-order valence-corrected chi connectivity index (χ0v) is 10.5. The van der Waals surface area contributed by atoms with E-state index in [9.17, 15) is 4.79 Å². The highest BCUT2D eigenvalue weighted by Gasteiger charge is 2.20. The van der Waals surface area contributed by atoms with Crippen LogP contribution in [0.4, 0.5) is 0 Å². The van der Waals surface area contributed by atoms with Crippen LogP contribution in [0, 0.1) is 11.3 Å². The smallest absolute Gasteiger partial charge is 0.222 e. The monoisotopic (exact) mass is 239 g/mol. The number of ether oxygens (including phenoxy) is 1. The summed E-state index contributed by atoms with van der Waals surface area (Å²) in [5.41, 5.74) is 0. The van der Waals surface area contributed by atoms with Crippen molar-refractivity contribution in [1.82, 2.24) is 9.80 Å². The van der Waals surface area contributed by atoms with Gasteiger partial charge in [0, 0.05) is 45.8 Å². The summed E-state index contributed by atoms with van der Waals surface area (Å²) in [6, 6.07) is 2.14. The largest absolute Gasteiger partial charge is 0.382 e. The maximum Gasteiger partial charge on any atom is 0.222 e. The van der Waals surface area contributed by atoms with E-state index in [0.29, 0.717) is 26.2 Å². The van der Waals surface area contributed by atoms with Gasteiger partial charge in [-0.15, -0.1) is 0 Å². The number of rotatable bonds is 6. The fraction of sp³-hybridized carbons (Fsp3) is 0.833. The molecule has 0 aromatic carbocycles. The molecule has 0 atom stereocenters. The lowest BCUT2D eigenvalue weighted by molar-refractivity contribution is -0.133. The van der Waals surface area contributed by atoms with Crippen LogP contribution in [0.1, 0.15) is 19.8 Å². The van der Waals surface area contributed by atoms with Crippen molar-refractivity contribution in [2.75, 3.05) is 45.9 Å². The van der Waals surface area contributed by atoms with Crippen molar-refractivity contribution in [2.24, 2.45) is 0 Å². The Morgan fingerprint density at radius 1 is 1.35 bits per heavy atom. The number of nitrogens with zero attached hydrogens (tertiary/aromatic N) is 3. The number of hydrogen-bond acceptors (Lipinski definition) is 4. The molecule has 0 spiro atoms. The molecule has 1 rings (SSSR count). The second kappa shape index (κ2) is 8.04. The molecule has 1 fully saturated rings. The molecule has 96 valence electrons. The summed E-state index contributed by atoms with van der Waals surface area (Å²) in [6.07, 6.45) is 1.36. The molecular weight excluding hydrogens is 218 g/mol. The molecule has 0 N–H and O–H groups in total. The minimum Gasteiger partial charge on any atom is -0.382 e. The molecule has 0 aliphatic carbocycles. The third kappa shape index (κ3) is 5.16. The van der Waals surface area contributed by atoms with Gasteiger partial charge in [-0.25, -0.2) is 0 Å². The predicted molar refractivity (Wildman–Crippen MR) is 64.4 cm³/mol. The van der Waals surface area contributed by atoms with Gasteiger partial charge < -0.3 is 9.64 Å². The molecule has 0 saturated carbocycles. The molecule has 17 heavy (non-hydrogen) atoms. The van der Waals surface area contributed by atoms with Crippen molar-refractivity contribution in [1.29, 1.82) is 5.26 Å². The number of carbonyl (C=O) groups is 1. The molecule has 5 nitrogen and oxygen atoms in total. The van der Waals surface area contributed by atoms with E-state index < -0.39 is 0 Å². The van der Waals surface area contributed by atoms with Crippen LogP contribution in [0.2, 0.25) is 0 Å². The fourth-order valence-corrected chi connectivity index (χ4v) is 1.88. The Kier molecular flexibility index (Phi) is 6.60. The van der Waals surface area contributed by atoms with Crippen molar-refractivity contribution >= 4 is 5.91 Å². The van der Waals surface area contributed by atoms with Gasteiger partial charge >= 0.3 is 0 Å². The molecule has 5 heteroatoms. The van der Waals surface area contributed by atoms with E-state index in [1.165, 1.54) is 0 Å². The number of hydrogen-bond donors (Lipinski definition) is 0. The van der Waals surface area contributed by atoms with Crippen molar-refractivity contribution in [3.05, 3.63) is 0 Å². The van der Waals surface area contributed by atoms with Crippen LogP contribution in [0.15, 0.2) is 0 Å². The number of carbonyl (C=O) groups excluding carboxylic acids is 1. The molecular formula is C12H21N3O2. The van der Waals surface area contributed by atoms with Gasteiger partial charge in [0.15, 0.2) is 0 Å². The van der Waals surface area contributed by atoms with Gasteiger partial charge in [0.1, 0.15) is 0 Å². The van der Waals surface area contributed by atoms with Gasteiger partial charge in [0.05, 0.1) is 12.6 Å². The van der Waals surface area contributed by atoms with Gasteiger partial charge in [-0.2, -0.15) is 5.26 Å². The molecule has 0 aromatic heterocycles. The minimum atomic E-state index is 0.210. The van der Waals surface area contributed by atoms with Crippen LogP contribution in [-0.2, 0) is 9.53 Å². The van der Waals surface area contributed by atoms with Crippen molar-refractivity contribution in [3.8, 4) is 6.07 Å². The summed E-state index contributed by atoms with van der Waals surface area (Å²) in [5.74, 6) is 0.210. The summed E-state index contributed by atoms with van der Waals surface area (Å²) >= 11 is 0. The van der Waals surface area contributed by atoms with Crippen molar-refractivity contribution in [3.63, 3.8) is 0 Å². The summed E-state index contributed by atoms with van der Waals surface area (Å²) in [5, 5.41) is 8.57. The number of nitriles is 1. The normalized spacial score (nSPS) is 16.8. The predicted octanol–water partition coefficient (Wildman–Crippen LogP) is 0.471. The van der Waals surface area contributed by atoms with Gasteiger partial charge in [0.2, 0.25) is 5.91 Å². The molecule has 1 aliphatic rings. The highest BCUT2D eigenvalue weighted by molar-refractivity contribution is 5.76. The third-order valence-corrected chi connectivity index (χ3v) is 2.90. The zero-order valence-electron chi connectivity index (χ0n) is 10.5. The fourth-order valence-electron chi connectivity index (χ4n) is 1.88. The first-order valence-electron chi connectivity index (χ1n) is 6.22.